The summed E-state index contributed by atoms with van der Waals surface area (Å²) in [7, 11) is 0. The predicted octanol–water partition coefficient (Wildman–Crippen LogP) is 1.34. The molecule has 1 aliphatic heterocycles. The topological polar surface area (TPSA) is 121 Å². The minimum Gasteiger partial charge on any atom is -0.481 e. The van der Waals surface area contributed by atoms with E-state index in [1.165, 1.54) is 0 Å². The van der Waals surface area contributed by atoms with Gasteiger partial charge in [-0.25, -0.2) is 0 Å². The van der Waals surface area contributed by atoms with Crippen LogP contribution in [0.4, 0.5) is 0 Å². The third kappa shape index (κ3) is 1.39. The summed E-state index contributed by atoms with van der Waals surface area (Å²) in [5.74, 6) is -5.29. The predicted molar refractivity (Wildman–Crippen MR) is 85.8 cm³/mol. The maximum absolute atomic E-state index is 12.7. The molecule has 1 spiro atoms. The molecule has 5 aliphatic rings. The zero-order chi connectivity index (χ0) is 18.7. The van der Waals surface area contributed by atoms with Crippen molar-refractivity contribution in [1.82, 2.24) is 0 Å². The van der Waals surface area contributed by atoms with Gasteiger partial charge in [-0.3, -0.25) is 14.4 Å². The lowest BCUT2D eigenvalue weighted by molar-refractivity contribution is -0.169. The van der Waals surface area contributed by atoms with Gasteiger partial charge < -0.3 is 20.1 Å². The van der Waals surface area contributed by atoms with Gasteiger partial charge in [0.05, 0.1) is 11.5 Å². The molecule has 0 aromatic carbocycles. The number of hydrogen-bond donors (Lipinski definition) is 3. The van der Waals surface area contributed by atoms with Crippen LogP contribution in [0.15, 0.2) is 12.2 Å². The van der Waals surface area contributed by atoms with E-state index in [1.54, 1.807) is 0 Å². The van der Waals surface area contributed by atoms with Crippen LogP contribution in [0.1, 0.15) is 44.9 Å². The summed E-state index contributed by atoms with van der Waals surface area (Å²) in [6, 6.07) is 0. The average Bonchev–Trinajstić information content (AvgIpc) is 2.94. The smallest absolute Gasteiger partial charge is 0.324 e. The van der Waals surface area contributed by atoms with Gasteiger partial charge in [0.25, 0.3) is 0 Å². The third-order valence-electron chi connectivity index (χ3n) is 8.40. The van der Waals surface area contributed by atoms with Crippen molar-refractivity contribution in [2.24, 2.45) is 28.6 Å². The van der Waals surface area contributed by atoms with Crippen LogP contribution in [0.25, 0.3) is 0 Å². The van der Waals surface area contributed by atoms with Gasteiger partial charge in [-0.15, -0.1) is 0 Å². The summed E-state index contributed by atoms with van der Waals surface area (Å²) in [4.78, 5) is 37.4. The molecule has 3 N–H and O–H groups in total. The second-order valence-corrected chi connectivity index (χ2v) is 9.08. The summed E-state index contributed by atoms with van der Waals surface area (Å²) >= 11 is 0. The maximum Gasteiger partial charge on any atom is 0.324 e. The molecule has 7 nitrogen and oxygen atoms in total. The molecule has 5 fully saturated rings. The number of aliphatic hydroxyl groups is 1. The van der Waals surface area contributed by atoms with Crippen molar-refractivity contribution in [2.45, 2.75) is 56.1 Å². The Morgan fingerprint density at radius 1 is 1.19 bits per heavy atom. The van der Waals surface area contributed by atoms with E-state index < -0.39 is 51.8 Å². The number of carboxylic acid groups (broad SMARTS) is 2. The van der Waals surface area contributed by atoms with Crippen molar-refractivity contribution in [3.8, 4) is 0 Å². The number of esters is 1. The Bertz CT molecular complexity index is 789. The molecule has 7 atom stereocenters. The SMILES string of the molecule is C=C1C[C@]23C[C@@]1(O)CC[C@H]2[C@@]12CCC[C@@](C(=O)O)(C(=O)O1)[C@H]2[C@@H]3C(=O)O. The lowest BCUT2D eigenvalue weighted by atomic mass is 9.59. The fourth-order valence-electron chi connectivity index (χ4n) is 7.70. The van der Waals surface area contributed by atoms with Crippen LogP contribution in [-0.2, 0) is 19.1 Å². The highest BCUT2D eigenvalue weighted by Gasteiger charge is 2.85. The molecule has 1 heterocycles. The van der Waals surface area contributed by atoms with Gasteiger partial charge in [0, 0.05) is 11.8 Å². The summed E-state index contributed by atoms with van der Waals surface area (Å²) in [5, 5.41) is 31.1. The van der Waals surface area contributed by atoms with Gasteiger partial charge in [-0.2, -0.15) is 0 Å². The number of ether oxygens (including phenoxy) is 1. The van der Waals surface area contributed by atoms with E-state index in [0.29, 0.717) is 37.7 Å². The van der Waals surface area contributed by atoms with E-state index >= 15 is 0 Å². The molecule has 0 unspecified atom stereocenters. The first-order valence-corrected chi connectivity index (χ1v) is 9.24. The van der Waals surface area contributed by atoms with Crippen molar-refractivity contribution in [1.29, 1.82) is 0 Å². The molecule has 140 valence electrons. The molecule has 0 aromatic heterocycles. The summed E-state index contributed by atoms with van der Waals surface area (Å²) in [5.41, 5.74) is -4.06. The van der Waals surface area contributed by atoms with E-state index in [0.717, 1.165) is 0 Å². The highest BCUT2D eigenvalue weighted by atomic mass is 16.6. The fraction of sp³-hybridized carbons (Fsp3) is 0.737. The van der Waals surface area contributed by atoms with Crippen LogP contribution in [0.3, 0.4) is 0 Å². The molecule has 4 bridgehead atoms. The molecular formula is C19H22O7. The lowest BCUT2D eigenvalue weighted by Crippen LogP contribution is -2.51. The molecule has 4 aliphatic carbocycles. The molecule has 4 saturated carbocycles. The van der Waals surface area contributed by atoms with Crippen LogP contribution in [0, 0.1) is 28.6 Å². The van der Waals surface area contributed by atoms with Gasteiger partial charge in [-0.05, 0) is 55.9 Å². The first kappa shape index (κ1) is 16.3. The maximum atomic E-state index is 12.7. The van der Waals surface area contributed by atoms with Crippen molar-refractivity contribution >= 4 is 17.9 Å². The molecule has 0 amide bonds. The number of rotatable bonds is 2. The van der Waals surface area contributed by atoms with Gasteiger partial charge >= 0.3 is 17.9 Å². The van der Waals surface area contributed by atoms with Crippen molar-refractivity contribution < 1.29 is 34.4 Å². The van der Waals surface area contributed by atoms with E-state index in [-0.39, 0.29) is 18.8 Å². The third-order valence-corrected chi connectivity index (χ3v) is 8.40. The van der Waals surface area contributed by atoms with Crippen LogP contribution in [0.5, 0.6) is 0 Å². The summed E-state index contributed by atoms with van der Waals surface area (Å²) < 4.78 is 5.83. The second kappa shape index (κ2) is 4.32. The number of carboxylic acids is 2. The fourth-order valence-corrected chi connectivity index (χ4v) is 7.70. The molecule has 0 aromatic rings. The van der Waals surface area contributed by atoms with E-state index in [1.807, 2.05) is 0 Å². The van der Waals surface area contributed by atoms with Crippen molar-refractivity contribution in [2.75, 3.05) is 0 Å². The van der Waals surface area contributed by atoms with Gasteiger partial charge in [0.1, 0.15) is 5.60 Å². The summed E-state index contributed by atoms with van der Waals surface area (Å²) in [6.45, 7) is 4.00. The Labute approximate surface area is 150 Å². The molecule has 5 rings (SSSR count). The molecule has 26 heavy (non-hydrogen) atoms. The zero-order valence-corrected chi connectivity index (χ0v) is 14.4. The normalized spacial score (nSPS) is 53.8. The Morgan fingerprint density at radius 2 is 1.92 bits per heavy atom. The summed E-state index contributed by atoms with van der Waals surface area (Å²) in [6.07, 6.45) is 2.75. The largest absolute Gasteiger partial charge is 0.481 e. The van der Waals surface area contributed by atoms with E-state index in [9.17, 15) is 29.7 Å². The quantitative estimate of drug-likeness (QED) is 0.385. The van der Waals surface area contributed by atoms with Gasteiger partial charge in [0.2, 0.25) is 0 Å². The lowest BCUT2D eigenvalue weighted by Gasteiger charge is -2.45. The number of aliphatic carboxylic acids is 2. The Kier molecular flexibility index (Phi) is 2.71. The molecule has 0 radical (unpaired) electrons. The van der Waals surface area contributed by atoms with Crippen LogP contribution in [-0.4, -0.2) is 44.4 Å². The van der Waals surface area contributed by atoms with Crippen molar-refractivity contribution in [3.63, 3.8) is 0 Å². The number of carbonyl (C=O) groups excluding carboxylic acids is 1. The zero-order valence-electron chi connectivity index (χ0n) is 14.4. The van der Waals surface area contributed by atoms with Crippen LogP contribution >= 0.6 is 0 Å². The second-order valence-electron chi connectivity index (χ2n) is 9.08. The highest BCUT2D eigenvalue weighted by molar-refractivity contribution is 6.03. The van der Waals surface area contributed by atoms with E-state index in [2.05, 4.69) is 6.58 Å². The first-order valence-electron chi connectivity index (χ1n) is 9.24. The number of fused-ring (bicyclic) bond motifs is 1. The van der Waals surface area contributed by atoms with Gasteiger partial charge in [-0.1, -0.05) is 6.58 Å². The Hall–Kier alpha value is -1.89. The number of carbonyl (C=O) groups is 3. The Morgan fingerprint density at radius 3 is 2.58 bits per heavy atom. The van der Waals surface area contributed by atoms with Crippen molar-refractivity contribution in [3.05, 3.63) is 12.2 Å². The first-order chi connectivity index (χ1) is 12.1. The van der Waals surface area contributed by atoms with Crippen LogP contribution in [0.2, 0.25) is 0 Å². The average molecular weight is 362 g/mol. The van der Waals surface area contributed by atoms with Crippen LogP contribution < -0.4 is 0 Å². The monoisotopic (exact) mass is 362 g/mol. The minimum atomic E-state index is -1.78. The highest BCUT2D eigenvalue weighted by Crippen LogP contribution is 2.78. The molecule has 7 heteroatoms. The molecule has 1 saturated heterocycles. The Balaban J connectivity index is 1.78. The molecular weight excluding hydrogens is 340 g/mol. The number of hydrogen-bond acceptors (Lipinski definition) is 5. The van der Waals surface area contributed by atoms with E-state index in [4.69, 9.17) is 4.74 Å². The standard InChI is InChI=1S/C19H22O7/c1-9-7-16-8-17(9,25)6-3-10(16)19-5-2-4-18(14(22)23,15(24)26-19)12(19)11(16)13(20)21/h10-12,25H,1-8H2,(H,20,21)(H,22,23)/t10-,11-,12-,16+,17+,18-,19-/m1/s1. The minimum absolute atomic E-state index is 0.116. The van der Waals surface area contributed by atoms with Gasteiger partial charge in [0.15, 0.2) is 5.41 Å².